The standard InChI is InChI=1S/C34H35ClN8O3S/c1-20-21(2)47-33-30(20)31(23-8-10-25(35)11-9-23)36-26(32-39-38-22(3)43(32)33)18-29(45)41-16-14-40(15-17-41)19-24-6-4-5-7-27(24)42-13-12-28(44)37-34(42)46/h4-11,26H,12-19H2,1-3H3,(H,37,44,46)/t26-/m0/s1. The molecule has 7 rings (SSSR count). The summed E-state index contributed by atoms with van der Waals surface area (Å²) in [5.41, 5.74) is 5.77. The van der Waals surface area contributed by atoms with Gasteiger partial charge in [-0.3, -0.25) is 34.3 Å². The summed E-state index contributed by atoms with van der Waals surface area (Å²) >= 11 is 7.93. The summed E-state index contributed by atoms with van der Waals surface area (Å²) in [7, 11) is 0. The number of benzene rings is 2. The SMILES string of the molecule is Cc1sc2c(c1C)C(c1ccc(Cl)cc1)=N[C@@H](CC(=O)N1CCN(Cc3ccccc3N3CCC(=O)NC3=O)CC1)c1nnc(C)n1-2. The van der Waals surface area contributed by atoms with Gasteiger partial charge in [0.25, 0.3) is 0 Å². The number of hydrogen-bond donors (Lipinski definition) is 1. The number of hydrogen-bond acceptors (Lipinski definition) is 8. The van der Waals surface area contributed by atoms with Crippen molar-refractivity contribution in [2.45, 2.75) is 46.2 Å². The highest BCUT2D eigenvalue weighted by molar-refractivity contribution is 7.15. The lowest BCUT2D eigenvalue weighted by Crippen LogP contribution is -2.50. The smallest absolute Gasteiger partial charge is 0.328 e. The van der Waals surface area contributed by atoms with E-state index in [1.54, 1.807) is 16.2 Å². The van der Waals surface area contributed by atoms with Crippen LogP contribution in [-0.2, 0) is 16.1 Å². The number of thiophene rings is 1. The number of aromatic nitrogens is 3. The van der Waals surface area contributed by atoms with E-state index in [4.69, 9.17) is 16.6 Å². The van der Waals surface area contributed by atoms with Crippen LogP contribution in [0, 0.1) is 20.8 Å². The highest BCUT2D eigenvalue weighted by Crippen LogP contribution is 2.40. The molecule has 47 heavy (non-hydrogen) atoms. The fourth-order valence-corrected chi connectivity index (χ4v) is 7.87. The number of piperazine rings is 1. The van der Waals surface area contributed by atoms with E-state index in [2.05, 4.69) is 38.8 Å². The summed E-state index contributed by atoms with van der Waals surface area (Å²) in [6.07, 6.45) is 0.449. The van der Waals surface area contributed by atoms with Crippen LogP contribution in [0.25, 0.3) is 5.00 Å². The molecule has 3 aliphatic rings. The fraction of sp³-hybridized carbons (Fsp3) is 0.353. The molecule has 0 aliphatic carbocycles. The molecule has 2 aromatic heterocycles. The Bertz CT molecular complexity index is 1910. The van der Waals surface area contributed by atoms with Crippen molar-refractivity contribution in [1.29, 1.82) is 0 Å². The van der Waals surface area contributed by atoms with Crippen LogP contribution >= 0.6 is 22.9 Å². The zero-order valence-electron chi connectivity index (χ0n) is 26.5. The maximum Gasteiger partial charge on any atom is 0.328 e. The zero-order valence-corrected chi connectivity index (χ0v) is 28.1. The van der Waals surface area contributed by atoms with E-state index in [1.807, 2.05) is 60.4 Å². The first-order valence-corrected chi connectivity index (χ1v) is 16.9. The molecule has 0 spiro atoms. The Morgan fingerprint density at radius 2 is 1.72 bits per heavy atom. The predicted octanol–water partition coefficient (Wildman–Crippen LogP) is 4.98. The van der Waals surface area contributed by atoms with Gasteiger partial charge in [0.1, 0.15) is 16.9 Å². The van der Waals surface area contributed by atoms with Gasteiger partial charge in [0.15, 0.2) is 5.82 Å². The number of nitrogens with one attached hydrogen (secondary N) is 1. The van der Waals surface area contributed by atoms with Crippen molar-refractivity contribution in [3.63, 3.8) is 0 Å². The molecule has 2 saturated heterocycles. The molecule has 11 nitrogen and oxygen atoms in total. The number of halogens is 1. The summed E-state index contributed by atoms with van der Waals surface area (Å²) < 4.78 is 2.07. The molecule has 13 heteroatoms. The molecule has 4 amide bonds. The Kier molecular flexibility index (Phi) is 8.41. The molecule has 1 atom stereocenters. The average molecular weight is 671 g/mol. The van der Waals surface area contributed by atoms with Gasteiger partial charge in [-0.1, -0.05) is 41.9 Å². The number of carbonyl (C=O) groups is 3. The molecule has 0 saturated carbocycles. The molecule has 5 heterocycles. The van der Waals surface area contributed by atoms with E-state index < -0.39 is 12.1 Å². The minimum atomic E-state index is -0.513. The molecular weight excluding hydrogens is 636 g/mol. The van der Waals surface area contributed by atoms with Crippen LogP contribution in [0.4, 0.5) is 10.5 Å². The largest absolute Gasteiger partial charge is 0.340 e. The lowest BCUT2D eigenvalue weighted by atomic mass is 9.99. The number of imide groups is 1. The van der Waals surface area contributed by atoms with E-state index in [1.165, 1.54) is 4.88 Å². The number of fused-ring (bicyclic) bond motifs is 3. The van der Waals surface area contributed by atoms with Crippen molar-refractivity contribution in [2.24, 2.45) is 4.99 Å². The third kappa shape index (κ3) is 5.97. The molecule has 3 aliphatic heterocycles. The number of aliphatic imine (C=N–C) groups is 1. The maximum atomic E-state index is 13.9. The second kappa shape index (κ2) is 12.7. The van der Waals surface area contributed by atoms with Crippen molar-refractivity contribution in [3.8, 4) is 5.00 Å². The van der Waals surface area contributed by atoms with Gasteiger partial charge in [0, 0.05) is 72.4 Å². The number of carbonyl (C=O) groups excluding carboxylic acids is 3. The van der Waals surface area contributed by atoms with Gasteiger partial charge < -0.3 is 4.90 Å². The quantitative estimate of drug-likeness (QED) is 0.310. The van der Waals surface area contributed by atoms with E-state index in [0.29, 0.717) is 50.1 Å². The third-order valence-electron chi connectivity index (χ3n) is 9.18. The van der Waals surface area contributed by atoms with Crippen molar-refractivity contribution in [1.82, 2.24) is 29.9 Å². The maximum absolute atomic E-state index is 13.9. The molecule has 2 fully saturated rings. The molecule has 0 unspecified atom stereocenters. The van der Waals surface area contributed by atoms with Crippen LogP contribution in [0.1, 0.15) is 57.7 Å². The molecule has 0 bridgehead atoms. The predicted molar refractivity (Wildman–Crippen MR) is 182 cm³/mol. The van der Waals surface area contributed by atoms with Crippen LogP contribution in [-0.4, -0.2) is 80.8 Å². The average Bonchev–Trinajstić information content (AvgIpc) is 3.54. The Morgan fingerprint density at radius 1 is 0.979 bits per heavy atom. The number of amides is 4. The summed E-state index contributed by atoms with van der Waals surface area (Å²) in [5, 5.41) is 13.0. The van der Waals surface area contributed by atoms with Gasteiger partial charge in [-0.2, -0.15) is 0 Å². The Balaban J connectivity index is 1.09. The topological polar surface area (TPSA) is 116 Å². The number of aryl methyl sites for hydroxylation is 2. The van der Waals surface area contributed by atoms with Crippen LogP contribution in [0.2, 0.25) is 5.02 Å². The number of para-hydroxylation sites is 1. The monoisotopic (exact) mass is 670 g/mol. The third-order valence-corrected chi connectivity index (χ3v) is 10.6. The normalized spacial score (nSPS) is 18.4. The highest BCUT2D eigenvalue weighted by atomic mass is 35.5. The Hall–Kier alpha value is -4.39. The zero-order chi connectivity index (χ0) is 32.8. The minimum Gasteiger partial charge on any atom is -0.340 e. The lowest BCUT2D eigenvalue weighted by Gasteiger charge is -2.36. The summed E-state index contributed by atoms with van der Waals surface area (Å²) in [6.45, 7) is 9.70. The Morgan fingerprint density at radius 3 is 2.47 bits per heavy atom. The molecule has 2 aromatic carbocycles. The lowest BCUT2D eigenvalue weighted by molar-refractivity contribution is -0.133. The highest BCUT2D eigenvalue weighted by Gasteiger charge is 2.34. The van der Waals surface area contributed by atoms with Gasteiger partial charge in [-0.15, -0.1) is 21.5 Å². The minimum absolute atomic E-state index is 0.0225. The van der Waals surface area contributed by atoms with Gasteiger partial charge >= 0.3 is 6.03 Å². The van der Waals surface area contributed by atoms with Gasteiger partial charge in [0.2, 0.25) is 11.8 Å². The van der Waals surface area contributed by atoms with Crippen molar-refractivity contribution in [3.05, 3.63) is 92.3 Å². The van der Waals surface area contributed by atoms with Crippen molar-refractivity contribution < 1.29 is 14.4 Å². The summed E-state index contributed by atoms with van der Waals surface area (Å²) in [4.78, 5) is 50.4. The van der Waals surface area contributed by atoms with E-state index in [0.717, 1.165) is 44.5 Å². The van der Waals surface area contributed by atoms with Crippen LogP contribution in [0.3, 0.4) is 0 Å². The van der Waals surface area contributed by atoms with E-state index in [-0.39, 0.29) is 24.7 Å². The van der Waals surface area contributed by atoms with Crippen LogP contribution in [0.5, 0.6) is 0 Å². The molecule has 242 valence electrons. The van der Waals surface area contributed by atoms with E-state index >= 15 is 0 Å². The first-order chi connectivity index (χ1) is 22.7. The number of nitrogens with zero attached hydrogens (tertiary/aromatic N) is 7. The van der Waals surface area contributed by atoms with Crippen LogP contribution < -0.4 is 10.2 Å². The van der Waals surface area contributed by atoms with Gasteiger partial charge in [-0.05, 0) is 50.1 Å². The fourth-order valence-electron chi connectivity index (χ4n) is 6.53. The first kappa shape index (κ1) is 31.2. The second-order valence-electron chi connectivity index (χ2n) is 12.1. The van der Waals surface area contributed by atoms with Gasteiger partial charge in [0.05, 0.1) is 12.1 Å². The molecule has 1 N–H and O–H groups in total. The number of rotatable bonds is 6. The molecule has 4 aromatic rings. The molecular formula is C34H35ClN8O3S. The molecule has 0 radical (unpaired) electrons. The second-order valence-corrected chi connectivity index (χ2v) is 13.8. The Labute approximate surface area is 281 Å². The summed E-state index contributed by atoms with van der Waals surface area (Å²) in [6, 6.07) is 14.6. The summed E-state index contributed by atoms with van der Waals surface area (Å²) in [5.74, 6) is 1.20. The number of anilines is 1. The van der Waals surface area contributed by atoms with Crippen molar-refractivity contribution >= 4 is 52.2 Å². The van der Waals surface area contributed by atoms with E-state index in [9.17, 15) is 14.4 Å². The van der Waals surface area contributed by atoms with Crippen LogP contribution in [0.15, 0.2) is 53.5 Å². The first-order valence-electron chi connectivity index (χ1n) is 15.7. The number of urea groups is 1. The van der Waals surface area contributed by atoms with Crippen molar-refractivity contribution in [2.75, 3.05) is 37.6 Å². The van der Waals surface area contributed by atoms with Gasteiger partial charge in [-0.25, -0.2) is 4.79 Å².